The fourth-order valence-electron chi connectivity index (χ4n) is 9.15. The number of ether oxygens (including phenoxy) is 1. The molecule has 4 aromatic rings. The third kappa shape index (κ3) is 9.23. The van der Waals surface area contributed by atoms with Crippen LogP contribution in [0.15, 0.2) is 53.5 Å². The number of benzene rings is 2. The Morgan fingerprint density at radius 3 is 2.52 bits per heavy atom. The van der Waals surface area contributed by atoms with E-state index in [4.69, 9.17) is 9.72 Å². The number of fused-ring (bicyclic) bond motifs is 2. The summed E-state index contributed by atoms with van der Waals surface area (Å²) in [5.74, 6) is 6.44. The third-order valence-electron chi connectivity index (χ3n) is 12.7. The molecule has 8 rings (SSSR count). The summed E-state index contributed by atoms with van der Waals surface area (Å²) in [6.07, 6.45) is 7.30. The fraction of sp³-hybridized carbons (Fsp3) is 0.447. The summed E-state index contributed by atoms with van der Waals surface area (Å²) < 4.78 is 7.59. The number of imide groups is 1. The lowest BCUT2D eigenvalue weighted by Gasteiger charge is -2.36. The number of rotatable bonds is 11. The summed E-state index contributed by atoms with van der Waals surface area (Å²) in [6, 6.07) is 12.3. The number of unbranched alkanes of at least 4 members (excludes halogenated alkanes) is 1. The van der Waals surface area contributed by atoms with Gasteiger partial charge in [0.15, 0.2) is 0 Å². The zero-order chi connectivity index (χ0) is 44.2. The van der Waals surface area contributed by atoms with Gasteiger partial charge in [-0.1, -0.05) is 24.8 Å². The molecule has 2 saturated heterocycles. The van der Waals surface area contributed by atoms with Crippen molar-refractivity contribution < 1.29 is 28.7 Å². The smallest absolute Gasteiger partial charge is 0.255 e. The van der Waals surface area contributed by atoms with Crippen LogP contribution in [0.3, 0.4) is 0 Å². The maximum Gasteiger partial charge on any atom is 0.255 e. The number of nitrogens with zero attached hydrogens (tertiary/aromatic N) is 6. The van der Waals surface area contributed by atoms with Crippen molar-refractivity contribution >= 4 is 57.9 Å². The summed E-state index contributed by atoms with van der Waals surface area (Å²) in [4.78, 5) is 90.9. The summed E-state index contributed by atoms with van der Waals surface area (Å²) in [5, 5.41) is 9.55. The summed E-state index contributed by atoms with van der Waals surface area (Å²) in [5.41, 5.74) is 4.95. The Morgan fingerprint density at radius 1 is 0.984 bits per heavy atom. The van der Waals surface area contributed by atoms with Gasteiger partial charge >= 0.3 is 0 Å². The topological polar surface area (TPSA) is 188 Å². The van der Waals surface area contributed by atoms with E-state index in [0.29, 0.717) is 86.9 Å². The van der Waals surface area contributed by atoms with Crippen LogP contribution >= 0.6 is 0 Å². The second-order valence-corrected chi connectivity index (χ2v) is 16.7. The highest BCUT2D eigenvalue weighted by molar-refractivity contribution is 6.05. The molecule has 0 spiro atoms. The number of nitrogens with one attached hydrogen (secondary N) is 3. The van der Waals surface area contributed by atoms with Crippen molar-refractivity contribution in [2.24, 2.45) is 0 Å². The van der Waals surface area contributed by atoms with E-state index in [9.17, 15) is 28.8 Å². The Labute approximate surface area is 365 Å². The number of anilines is 3. The van der Waals surface area contributed by atoms with Crippen molar-refractivity contribution in [2.45, 2.75) is 103 Å². The average molecular weight is 856 g/mol. The summed E-state index contributed by atoms with van der Waals surface area (Å²) >= 11 is 0. The van der Waals surface area contributed by atoms with Crippen LogP contribution in [0.5, 0.6) is 5.75 Å². The van der Waals surface area contributed by atoms with E-state index in [-0.39, 0.29) is 54.2 Å². The Kier molecular flexibility index (Phi) is 12.7. The van der Waals surface area contributed by atoms with Gasteiger partial charge in [0, 0.05) is 111 Å². The van der Waals surface area contributed by atoms with E-state index < -0.39 is 11.9 Å². The van der Waals surface area contributed by atoms with E-state index in [1.165, 1.54) is 4.90 Å². The molecule has 328 valence electrons. The highest BCUT2D eigenvalue weighted by Gasteiger charge is 2.39. The predicted molar refractivity (Wildman–Crippen MR) is 237 cm³/mol. The standard InChI is InChI=1S/C47H53N9O7/c1-4-40(57)49-31-13-15-32(16-14-31)56-43(60)25-29(2)35-27-48-47(52-44(35)56)50-37-18-17-33(26-39(37)63-3)53-21-23-54(24-22-53)42(59)12-7-5-6-9-30-10-8-11-34-36(30)28-55(46(34)62)38-19-20-41(58)51-45(38)61/h8,10-11,17-18,25-27,31-32,38H,4-5,7,12-16,19-24,28H2,1-3H3,(H,49,57)(H,48,50,52)(H,51,58,61). The van der Waals surface area contributed by atoms with Crippen LogP contribution in [0, 0.1) is 18.8 Å². The van der Waals surface area contributed by atoms with E-state index in [0.717, 1.165) is 53.4 Å². The number of piperidine rings is 1. The summed E-state index contributed by atoms with van der Waals surface area (Å²) in [6.45, 7) is 6.49. The molecule has 1 unspecified atom stereocenters. The minimum atomic E-state index is -0.681. The Balaban J connectivity index is 0.841. The molecule has 5 amide bonds. The monoisotopic (exact) mass is 855 g/mol. The highest BCUT2D eigenvalue weighted by Crippen LogP contribution is 2.34. The quantitative estimate of drug-likeness (QED) is 0.110. The third-order valence-corrected chi connectivity index (χ3v) is 12.7. The predicted octanol–water partition coefficient (Wildman–Crippen LogP) is 4.49. The van der Waals surface area contributed by atoms with Crippen LogP contribution in [0.25, 0.3) is 11.0 Å². The minimum Gasteiger partial charge on any atom is -0.494 e. The number of carbonyl (C=O) groups excluding carboxylic acids is 5. The molecule has 16 nitrogen and oxygen atoms in total. The van der Waals surface area contributed by atoms with Crippen molar-refractivity contribution in [1.82, 2.24) is 35.0 Å². The normalized spacial score (nSPS) is 19.9. The van der Waals surface area contributed by atoms with E-state index in [1.807, 2.05) is 43.0 Å². The first-order valence-corrected chi connectivity index (χ1v) is 21.9. The molecule has 2 aromatic carbocycles. The van der Waals surface area contributed by atoms with Gasteiger partial charge in [0.2, 0.25) is 29.6 Å². The minimum absolute atomic E-state index is 0.0394. The van der Waals surface area contributed by atoms with Gasteiger partial charge in [0.1, 0.15) is 17.4 Å². The van der Waals surface area contributed by atoms with Gasteiger partial charge in [0.25, 0.3) is 11.5 Å². The molecule has 2 aromatic heterocycles. The second-order valence-electron chi connectivity index (χ2n) is 16.7. The van der Waals surface area contributed by atoms with E-state index >= 15 is 0 Å². The highest BCUT2D eigenvalue weighted by atomic mass is 16.5. The van der Waals surface area contributed by atoms with Crippen LogP contribution in [0.1, 0.15) is 104 Å². The van der Waals surface area contributed by atoms with E-state index in [2.05, 4.69) is 37.7 Å². The number of hydrogen-bond acceptors (Lipinski definition) is 11. The molecule has 0 radical (unpaired) electrons. The number of aromatic nitrogens is 3. The second kappa shape index (κ2) is 18.7. The average Bonchev–Trinajstić information content (AvgIpc) is 3.62. The SMILES string of the molecule is CCC(=O)NC1CCC(n2c(=O)cc(C)c3cnc(Nc4ccc(N5CCN(C(=O)CCCC#Cc6cccc7c6CN(C6CCC(=O)NC6=O)C7=O)CC5)cc4OC)nc32)CC1. The van der Waals surface area contributed by atoms with Crippen molar-refractivity contribution in [2.75, 3.05) is 43.5 Å². The maximum atomic E-state index is 13.4. The molecule has 5 heterocycles. The Morgan fingerprint density at radius 2 is 1.78 bits per heavy atom. The van der Waals surface area contributed by atoms with Crippen LogP contribution in [0.4, 0.5) is 17.3 Å². The van der Waals surface area contributed by atoms with Gasteiger partial charge in [-0.2, -0.15) is 4.98 Å². The van der Waals surface area contributed by atoms with Gasteiger partial charge in [-0.15, -0.1) is 0 Å². The van der Waals surface area contributed by atoms with Crippen LogP contribution < -0.4 is 31.1 Å². The molecule has 63 heavy (non-hydrogen) atoms. The van der Waals surface area contributed by atoms with E-state index in [1.54, 1.807) is 36.1 Å². The molecular formula is C47H53N9O7. The number of pyridine rings is 1. The van der Waals surface area contributed by atoms with Crippen LogP contribution in [-0.2, 0) is 25.7 Å². The number of piperazine rings is 1. The molecule has 1 aliphatic carbocycles. The molecule has 0 bridgehead atoms. The summed E-state index contributed by atoms with van der Waals surface area (Å²) in [7, 11) is 1.61. The lowest BCUT2D eigenvalue weighted by Crippen LogP contribution is -2.52. The molecule has 1 saturated carbocycles. The first-order valence-electron chi connectivity index (χ1n) is 21.9. The van der Waals surface area contributed by atoms with Gasteiger partial charge in [-0.25, -0.2) is 4.98 Å². The largest absolute Gasteiger partial charge is 0.494 e. The molecule has 1 atom stereocenters. The van der Waals surface area contributed by atoms with Gasteiger partial charge in [0.05, 0.1) is 12.8 Å². The number of hydrogen-bond donors (Lipinski definition) is 3. The zero-order valence-corrected chi connectivity index (χ0v) is 36.0. The van der Waals surface area contributed by atoms with Crippen LogP contribution in [0.2, 0.25) is 0 Å². The molecular weight excluding hydrogens is 803 g/mol. The van der Waals surface area contributed by atoms with Gasteiger partial charge < -0.3 is 30.1 Å². The molecule has 4 aliphatic rings. The first kappa shape index (κ1) is 42.9. The number of aryl methyl sites for hydroxylation is 1. The first-order chi connectivity index (χ1) is 30.5. The van der Waals surface area contributed by atoms with Crippen molar-refractivity contribution in [3.63, 3.8) is 0 Å². The van der Waals surface area contributed by atoms with Crippen molar-refractivity contribution in [3.05, 3.63) is 81.3 Å². The van der Waals surface area contributed by atoms with Crippen molar-refractivity contribution in [3.8, 4) is 17.6 Å². The molecule has 3 fully saturated rings. The lowest BCUT2D eigenvalue weighted by atomic mass is 9.90. The fourth-order valence-corrected chi connectivity index (χ4v) is 9.15. The van der Waals surface area contributed by atoms with Crippen molar-refractivity contribution in [1.29, 1.82) is 0 Å². The molecule has 16 heteroatoms. The lowest BCUT2D eigenvalue weighted by molar-refractivity contribution is -0.137. The van der Waals surface area contributed by atoms with Gasteiger partial charge in [-0.05, 0) is 80.8 Å². The molecule has 3 aliphatic heterocycles. The zero-order valence-electron chi connectivity index (χ0n) is 36.0. The van der Waals surface area contributed by atoms with Crippen LogP contribution in [-0.4, -0.2) is 99.2 Å². The molecule has 3 N–H and O–H groups in total. The number of amides is 5. The maximum absolute atomic E-state index is 13.4. The number of carbonyl (C=O) groups is 5. The Hall–Kier alpha value is -6.76. The van der Waals surface area contributed by atoms with Gasteiger partial charge in [-0.3, -0.25) is 38.7 Å². The Bertz CT molecular complexity index is 2580. The number of methoxy groups -OCH3 is 1.